The number of ether oxygens (including phenoxy) is 1. The van der Waals surface area contributed by atoms with Gasteiger partial charge in [-0.15, -0.1) is 0 Å². The van der Waals surface area contributed by atoms with Crippen LogP contribution in [0.25, 0.3) is 0 Å². The molecular weight excluding hydrogens is 346 g/mol. The summed E-state index contributed by atoms with van der Waals surface area (Å²) in [5.74, 6) is 1.16. The number of nitrogens with zero attached hydrogens (tertiary/aromatic N) is 6. The molecule has 0 aromatic carbocycles. The number of aromatic nitrogens is 4. The summed E-state index contributed by atoms with van der Waals surface area (Å²) in [6.45, 7) is 9.43. The predicted octanol–water partition coefficient (Wildman–Crippen LogP) is 2.06. The summed E-state index contributed by atoms with van der Waals surface area (Å²) in [6, 6.07) is 1.62. The normalized spacial score (nSPS) is 14.4. The molecule has 1 aliphatic rings. The molecule has 2 aromatic rings. The van der Waals surface area contributed by atoms with Crippen molar-refractivity contribution in [3.63, 3.8) is 0 Å². The number of carbonyl (C=O) groups is 1. The number of hydrogen-bond acceptors (Lipinski definition) is 6. The molecule has 0 atom stereocenters. The first kappa shape index (κ1) is 18.9. The van der Waals surface area contributed by atoms with Gasteiger partial charge >= 0.3 is 6.03 Å². The molecule has 3 heterocycles. The minimum atomic E-state index is -0.0940. The summed E-state index contributed by atoms with van der Waals surface area (Å²) in [4.78, 5) is 25.2. The van der Waals surface area contributed by atoms with Gasteiger partial charge in [-0.3, -0.25) is 4.68 Å². The van der Waals surface area contributed by atoms with Gasteiger partial charge in [0, 0.05) is 45.0 Å². The lowest BCUT2D eigenvalue weighted by molar-refractivity contribution is 0.208. The molecule has 27 heavy (non-hydrogen) atoms. The zero-order chi connectivity index (χ0) is 19.4. The number of amides is 2. The standard InChI is InChI=1S/C18H27N7O2/c1-5-8-25-14(3)16(13(2)22-25)21-18(26)24-11-9-23(10-12-24)17-19-7-6-15(20-17)27-4/h6-7H,5,8-12H2,1-4H3,(H,21,26). The average molecular weight is 373 g/mol. The first-order chi connectivity index (χ1) is 13.0. The van der Waals surface area contributed by atoms with Crippen LogP contribution in [0.1, 0.15) is 24.7 Å². The van der Waals surface area contributed by atoms with E-state index in [2.05, 4.69) is 32.2 Å². The molecule has 0 aliphatic carbocycles. The highest BCUT2D eigenvalue weighted by Crippen LogP contribution is 2.21. The maximum absolute atomic E-state index is 12.7. The first-order valence-electron chi connectivity index (χ1n) is 9.25. The third-order valence-electron chi connectivity index (χ3n) is 4.73. The molecule has 1 saturated heterocycles. The van der Waals surface area contributed by atoms with Crippen LogP contribution in [0.3, 0.4) is 0 Å². The second-order valence-electron chi connectivity index (χ2n) is 6.57. The number of hydrogen-bond donors (Lipinski definition) is 1. The number of rotatable bonds is 5. The minimum Gasteiger partial charge on any atom is -0.481 e. The summed E-state index contributed by atoms with van der Waals surface area (Å²) in [5, 5.41) is 7.55. The van der Waals surface area contributed by atoms with E-state index in [0.29, 0.717) is 38.0 Å². The van der Waals surface area contributed by atoms with Gasteiger partial charge in [-0.1, -0.05) is 6.92 Å². The molecule has 1 aliphatic heterocycles. The Morgan fingerprint density at radius 1 is 1.26 bits per heavy atom. The Bertz CT molecular complexity index is 797. The van der Waals surface area contributed by atoms with E-state index in [9.17, 15) is 4.79 Å². The van der Waals surface area contributed by atoms with Gasteiger partial charge in [-0.05, 0) is 20.3 Å². The van der Waals surface area contributed by atoms with Gasteiger partial charge in [0.15, 0.2) is 0 Å². The predicted molar refractivity (Wildman–Crippen MR) is 103 cm³/mol. The summed E-state index contributed by atoms with van der Waals surface area (Å²) in [5.41, 5.74) is 2.65. The van der Waals surface area contributed by atoms with Crippen LogP contribution in [-0.2, 0) is 6.54 Å². The van der Waals surface area contributed by atoms with E-state index < -0.39 is 0 Å². The van der Waals surface area contributed by atoms with Crippen LogP contribution in [0.15, 0.2) is 12.3 Å². The Labute approximate surface area is 159 Å². The van der Waals surface area contributed by atoms with Crippen molar-refractivity contribution in [3.05, 3.63) is 23.7 Å². The highest BCUT2D eigenvalue weighted by atomic mass is 16.5. The van der Waals surface area contributed by atoms with Crippen LogP contribution in [0.4, 0.5) is 16.4 Å². The van der Waals surface area contributed by atoms with Crippen molar-refractivity contribution in [1.29, 1.82) is 0 Å². The summed E-state index contributed by atoms with van der Waals surface area (Å²) < 4.78 is 7.10. The van der Waals surface area contributed by atoms with Crippen LogP contribution >= 0.6 is 0 Å². The SMILES string of the molecule is CCCn1nc(C)c(NC(=O)N2CCN(c3nccc(OC)n3)CC2)c1C. The van der Waals surface area contributed by atoms with E-state index in [1.807, 2.05) is 23.4 Å². The number of piperazine rings is 1. The molecule has 0 saturated carbocycles. The molecule has 2 amide bonds. The van der Waals surface area contributed by atoms with Crippen molar-refractivity contribution >= 4 is 17.7 Å². The zero-order valence-electron chi connectivity index (χ0n) is 16.4. The van der Waals surface area contributed by atoms with E-state index in [1.165, 1.54) is 0 Å². The Morgan fingerprint density at radius 2 is 2.00 bits per heavy atom. The molecule has 0 unspecified atom stereocenters. The smallest absolute Gasteiger partial charge is 0.322 e. The Balaban J connectivity index is 1.60. The zero-order valence-corrected chi connectivity index (χ0v) is 16.4. The minimum absolute atomic E-state index is 0.0940. The van der Waals surface area contributed by atoms with E-state index in [4.69, 9.17) is 4.74 Å². The fourth-order valence-electron chi connectivity index (χ4n) is 3.20. The average Bonchev–Trinajstić information content (AvgIpc) is 2.96. The summed E-state index contributed by atoms with van der Waals surface area (Å²) in [7, 11) is 1.58. The Hall–Kier alpha value is -2.84. The Morgan fingerprint density at radius 3 is 2.67 bits per heavy atom. The molecule has 1 N–H and O–H groups in total. The quantitative estimate of drug-likeness (QED) is 0.863. The van der Waals surface area contributed by atoms with Crippen LogP contribution in [0.5, 0.6) is 5.88 Å². The first-order valence-corrected chi connectivity index (χ1v) is 9.25. The third kappa shape index (κ3) is 4.12. The highest BCUT2D eigenvalue weighted by Gasteiger charge is 2.24. The van der Waals surface area contributed by atoms with Crippen LogP contribution in [-0.4, -0.2) is 64.0 Å². The lowest BCUT2D eigenvalue weighted by Crippen LogP contribution is -2.50. The van der Waals surface area contributed by atoms with Crippen molar-refractivity contribution in [3.8, 4) is 5.88 Å². The topological polar surface area (TPSA) is 88.4 Å². The summed E-state index contributed by atoms with van der Waals surface area (Å²) in [6.07, 6.45) is 2.68. The molecule has 9 nitrogen and oxygen atoms in total. The number of aryl methyl sites for hydroxylation is 2. The second kappa shape index (κ2) is 8.24. The van der Waals surface area contributed by atoms with Gasteiger partial charge in [0.1, 0.15) is 0 Å². The molecule has 0 bridgehead atoms. The number of anilines is 2. The molecule has 1 fully saturated rings. The highest BCUT2D eigenvalue weighted by molar-refractivity contribution is 5.90. The van der Waals surface area contributed by atoms with E-state index in [0.717, 1.165) is 30.0 Å². The lowest BCUT2D eigenvalue weighted by Gasteiger charge is -2.34. The van der Waals surface area contributed by atoms with E-state index in [-0.39, 0.29) is 6.03 Å². The van der Waals surface area contributed by atoms with Crippen molar-refractivity contribution < 1.29 is 9.53 Å². The van der Waals surface area contributed by atoms with Crippen molar-refractivity contribution in [2.45, 2.75) is 33.7 Å². The third-order valence-corrected chi connectivity index (χ3v) is 4.73. The monoisotopic (exact) mass is 373 g/mol. The number of urea groups is 1. The van der Waals surface area contributed by atoms with Crippen LogP contribution in [0.2, 0.25) is 0 Å². The lowest BCUT2D eigenvalue weighted by atomic mass is 10.3. The second-order valence-corrected chi connectivity index (χ2v) is 6.57. The van der Waals surface area contributed by atoms with Gasteiger partial charge in [-0.2, -0.15) is 10.1 Å². The number of nitrogens with one attached hydrogen (secondary N) is 1. The van der Waals surface area contributed by atoms with Crippen LogP contribution in [0, 0.1) is 13.8 Å². The molecule has 146 valence electrons. The van der Waals surface area contributed by atoms with Crippen LogP contribution < -0.4 is 15.0 Å². The molecule has 3 rings (SSSR count). The van der Waals surface area contributed by atoms with Crippen molar-refractivity contribution in [1.82, 2.24) is 24.6 Å². The Kier molecular flexibility index (Phi) is 5.78. The number of carbonyl (C=O) groups excluding carboxylic acids is 1. The summed E-state index contributed by atoms with van der Waals surface area (Å²) >= 11 is 0. The molecule has 0 radical (unpaired) electrons. The molecular formula is C18H27N7O2. The molecule has 9 heteroatoms. The van der Waals surface area contributed by atoms with E-state index in [1.54, 1.807) is 19.4 Å². The van der Waals surface area contributed by atoms with Crippen molar-refractivity contribution in [2.75, 3.05) is 43.5 Å². The fourth-order valence-corrected chi connectivity index (χ4v) is 3.20. The van der Waals surface area contributed by atoms with Gasteiger partial charge in [0.05, 0.1) is 24.2 Å². The van der Waals surface area contributed by atoms with Crippen molar-refractivity contribution in [2.24, 2.45) is 0 Å². The largest absolute Gasteiger partial charge is 0.481 e. The fraction of sp³-hybridized carbons (Fsp3) is 0.556. The molecule has 2 aromatic heterocycles. The maximum atomic E-state index is 12.7. The number of methoxy groups -OCH3 is 1. The van der Waals surface area contributed by atoms with Gasteiger partial charge in [-0.25, -0.2) is 9.78 Å². The van der Waals surface area contributed by atoms with E-state index >= 15 is 0 Å². The maximum Gasteiger partial charge on any atom is 0.322 e. The van der Waals surface area contributed by atoms with Gasteiger partial charge in [0.25, 0.3) is 0 Å². The van der Waals surface area contributed by atoms with Gasteiger partial charge in [0.2, 0.25) is 11.8 Å². The van der Waals surface area contributed by atoms with Gasteiger partial charge < -0.3 is 19.9 Å². The molecule has 0 spiro atoms.